The summed E-state index contributed by atoms with van der Waals surface area (Å²) in [7, 11) is 2.17. The molecule has 0 fully saturated rings. The highest BCUT2D eigenvalue weighted by molar-refractivity contribution is 7.80. The van der Waals surface area contributed by atoms with Crippen LogP contribution in [-0.4, -0.2) is 73.5 Å². The predicted octanol–water partition coefficient (Wildman–Crippen LogP) is 1.78. The van der Waals surface area contributed by atoms with Gasteiger partial charge in [0.1, 0.15) is 0 Å². The molecule has 0 spiro atoms. The first-order chi connectivity index (χ1) is 10.1. The van der Waals surface area contributed by atoms with Crippen molar-refractivity contribution in [3.05, 3.63) is 0 Å². The number of carbonyl (C=O) groups is 1. The van der Waals surface area contributed by atoms with Crippen LogP contribution in [0.3, 0.4) is 0 Å². The lowest BCUT2D eigenvalue weighted by atomic mass is 10.2. The summed E-state index contributed by atoms with van der Waals surface area (Å²) in [6.07, 6.45) is 4.56. The van der Waals surface area contributed by atoms with Gasteiger partial charge in [0.25, 0.3) is 0 Å². The van der Waals surface area contributed by atoms with Gasteiger partial charge in [-0.2, -0.15) is 25.3 Å². The second-order valence-electron chi connectivity index (χ2n) is 5.44. The molecule has 21 heavy (non-hydrogen) atoms. The first-order valence-corrected chi connectivity index (χ1v) is 9.29. The van der Waals surface area contributed by atoms with E-state index in [4.69, 9.17) is 0 Å². The predicted molar refractivity (Wildman–Crippen MR) is 98.8 cm³/mol. The van der Waals surface area contributed by atoms with E-state index in [1.807, 2.05) is 0 Å². The number of hydrogen-bond donors (Lipinski definition) is 3. The smallest absolute Gasteiger partial charge is 0.234 e. The fourth-order valence-electron chi connectivity index (χ4n) is 2.23. The zero-order valence-electron chi connectivity index (χ0n) is 13.7. The third-order valence-corrected chi connectivity index (χ3v) is 3.84. The minimum atomic E-state index is 0.103. The van der Waals surface area contributed by atoms with Crippen molar-refractivity contribution in [1.82, 2.24) is 15.1 Å². The van der Waals surface area contributed by atoms with Crippen molar-refractivity contribution in [2.45, 2.75) is 32.6 Å². The van der Waals surface area contributed by atoms with Gasteiger partial charge in [-0.05, 0) is 64.7 Å². The number of thiol groups is 2. The lowest BCUT2D eigenvalue weighted by Gasteiger charge is -2.22. The average molecular weight is 336 g/mol. The molecule has 0 aliphatic rings. The average Bonchev–Trinajstić information content (AvgIpc) is 2.47. The Labute approximate surface area is 141 Å². The van der Waals surface area contributed by atoms with Crippen molar-refractivity contribution in [2.75, 3.05) is 57.8 Å². The van der Waals surface area contributed by atoms with Crippen LogP contribution in [0.2, 0.25) is 0 Å². The summed E-state index contributed by atoms with van der Waals surface area (Å²) in [5, 5.41) is 2.88. The number of amides is 1. The molecule has 4 nitrogen and oxygen atoms in total. The van der Waals surface area contributed by atoms with E-state index < -0.39 is 0 Å². The summed E-state index contributed by atoms with van der Waals surface area (Å²) in [6, 6.07) is 0. The van der Waals surface area contributed by atoms with Crippen LogP contribution in [0.4, 0.5) is 0 Å². The minimum Gasteiger partial charge on any atom is -0.354 e. The minimum absolute atomic E-state index is 0.103. The number of rotatable bonds is 14. The van der Waals surface area contributed by atoms with Gasteiger partial charge < -0.3 is 10.2 Å². The largest absolute Gasteiger partial charge is 0.354 e. The molecule has 0 aromatic carbocycles. The SMILES string of the molecule is CCCN(C)CCCCN(CCCS)CC(=O)NCCS. The molecule has 0 heterocycles. The molecule has 0 atom stereocenters. The molecule has 0 unspecified atom stereocenters. The summed E-state index contributed by atoms with van der Waals surface area (Å²) in [5.41, 5.74) is 0. The van der Waals surface area contributed by atoms with Gasteiger partial charge in [0, 0.05) is 12.3 Å². The molecule has 0 aromatic rings. The Morgan fingerprint density at radius 2 is 1.67 bits per heavy atom. The van der Waals surface area contributed by atoms with E-state index in [9.17, 15) is 4.79 Å². The third kappa shape index (κ3) is 13.5. The van der Waals surface area contributed by atoms with Crippen LogP contribution in [0.1, 0.15) is 32.6 Å². The molecule has 0 saturated heterocycles. The van der Waals surface area contributed by atoms with Gasteiger partial charge in [0.15, 0.2) is 0 Å². The van der Waals surface area contributed by atoms with Crippen molar-refractivity contribution < 1.29 is 4.79 Å². The first-order valence-electron chi connectivity index (χ1n) is 8.03. The Hall–Kier alpha value is 0.0900. The van der Waals surface area contributed by atoms with Gasteiger partial charge in [0.05, 0.1) is 6.54 Å². The third-order valence-electron chi connectivity index (χ3n) is 3.30. The van der Waals surface area contributed by atoms with Crippen LogP contribution in [0.15, 0.2) is 0 Å². The maximum absolute atomic E-state index is 11.8. The maximum Gasteiger partial charge on any atom is 0.234 e. The Bertz CT molecular complexity index is 255. The second kappa shape index (κ2) is 15.0. The summed E-state index contributed by atoms with van der Waals surface area (Å²) in [4.78, 5) is 16.4. The fourth-order valence-corrected chi connectivity index (χ4v) is 2.48. The molecule has 1 N–H and O–H groups in total. The molecule has 1 amide bonds. The summed E-state index contributed by atoms with van der Waals surface area (Å²) >= 11 is 8.36. The van der Waals surface area contributed by atoms with E-state index in [1.54, 1.807) is 0 Å². The van der Waals surface area contributed by atoms with Crippen molar-refractivity contribution in [3.8, 4) is 0 Å². The summed E-state index contributed by atoms with van der Waals surface area (Å²) in [5.74, 6) is 1.66. The molecular formula is C15H33N3OS2. The van der Waals surface area contributed by atoms with Crippen molar-refractivity contribution in [2.24, 2.45) is 0 Å². The van der Waals surface area contributed by atoms with E-state index in [2.05, 4.69) is 54.3 Å². The lowest BCUT2D eigenvalue weighted by Crippen LogP contribution is -2.39. The molecule has 0 aliphatic carbocycles. The molecule has 0 rings (SSSR count). The zero-order valence-corrected chi connectivity index (χ0v) is 15.5. The molecule has 0 saturated carbocycles. The van der Waals surface area contributed by atoms with Crippen LogP contribution in [0, 0.1) is 0 Å². The van der Waals surface area contributed by atoms with E-state index >= 15 is 0 Å². The Morgan fingerprint density at radius 3 is 2.29 bits per heavy atom. The number of nitrogens with one attached hydrogen (secondary N) is 1. The normalized spacial score (nSPS) is 11.3. The molecular weight excluding hydrogens is 302 g/mol. The first kappa shape index (κ1) is 21.1. The number of hydrogen-bond acceptors (Lipinski definition) is 5. The highest BCUT2D eigenvalue weighted by Gasteiger charge is 2.09. The van der Waals surface area contributed by atoms with Gasteiger partial charge in [-0.3, -0.25) is 9.69 Å². The second-order valence-corrected chi connectivity index (χ2v) is 6.33. The topological polar surface area (TPSA) is 35.6 Å². The monoisotopic (exact) mass is 335 g/mol. The molecule has 0 radical (unpaired) electrons. The lowest BCUT2D eigenvalue weighted by molar-refractivity contribution is -0.122. The van der Waals surface area contributed by atoms with Crippen LogP contribution in [0.25, 0.3) is 0 Å². The maximum atomic E-state index is 11.8. The zero-order chi connectivity index (χ0) is 15.9. The highest BCUT2D eigenvalue weighted by Crippen LogP contribution is 2.00. The number of nitrogens with zero attached hydrogens (tertiary/aromatic N) is 2. The van der Waals surface area contributed by atoms with Crippen molar-refractivity contribution >= 4 is 31.2 Å². The standard InChI is InChI=1S/C15H33N3OS2/c1-3-8-17(2)9-4-5-10-18(11-6-12-20)14-15(19)16-7-13-21/h20-21H,3-14H2,1-2H3,(H,16,19). The number of unbranched alkanes of at least 4 members (excludes halogenated alkanes) is 1. The molecule has 0 aliphatic heterocycles. The summed E-state index contributed by atoms with van der Waals surface area (Å²) in [6.45, 7) is 7.58. The van der Waals surface area contributed by atoms with Crippen LogP contribution in [0.5, 0.6) is 0 Å². The molecule has 6 heteroatoms. The van der Waals surface area contributed by atoms with E-state index in [0.717, 1.165) is 44.8 Å². The van der Waals surface area contributed by atoms with Gasteiger partial charge in [-0.1, -0.05) is 6.92 Å². The van der Waals surface area contributed by atoms with E-state index in [0.29, 0.717) is 18.8 Å². The Balaban J connectivity index is 3.91. The highest BCUT2D eigenvalue weighted by atomic mass is 32.1. The Morgan fingerprint density at radius 1 is 1.00 bits per heavy atom. The quantitative estimate of drug-likeness (QED) is 0.334. The molecule has 0 bridgehead atoms. The van der Waals surface area contributed by atoms with E-state index in [1.165, 1.54) is 12.8 Å². The van der Waals surface area contributed by atoms with Crippen molar-refractivity contribution in [1.29, 1.82) is 0 Å². The van der Waals surface area contributed by atoms with Gasteiger partial charge in [0.2, 0.25) is 5.91 Å². The molecule has 126 valence electrons. The number of carbonyl (C=O) groups excluding carboxylic acids is 1. The van der Waals surface area contributed by atoms with Gasteiger partial charge >= 0.3 is 0 Å². The van der Waals surface area contributed by atoms with Crippen LogP contribution < -0.4 is 5.32 Å². The fraction of sp³-hybridized carbons (Fsp3) is 0.933. The van der Waals surface area contributed by atoms with E-state index in [-0.39, 0.29) is 5.91 Å². The van der Waals surface area contributed by atoms with Gasteiger partial charge in [-0.15, -0.1) is 0 Å². The van der Waals surface area contributed by atoms with Crippen LogP contribution in [-0.2, 0) is 4.79 Å². The van der Waals surface area contributed by atoms with Crippen LogP contribution >= 0.6 is 25.3 Å². The van der Waals surface area contributed by atoms with Gasteiger partial charge in [-0.25, -0.2) is 0 Å². The Kier molecular flexibility index (Phi) is 15.1. The molecule has 0 aromatic heterocycles. The summed E-state index contributed by atoms with van der Waals surface area (Å²) < 4.78 is 0. The van der Waals surface area contributed by atoms with Crippen molar-refractivity contribution in [3.63, 3.8) is 0 Å².